The van der Waals surface area contributed by atoms with Gasteiger partial charge >= 0.3 is 0 Å². The Bertz CT molecular complexity index is 485. The third-order valence-electron chi connectivity index (χ3n) is 3.46. The topological polar surface area (TPSA) is 89.5 Å². The second-order valence-corrected chi connectivity index (χ2v) is 9.84. The van der Waals surface area contributed by atoms with Crippen LogP contribution in [0.4, 0.5) is 0 Å². The van der Waals surface area contributed by atoms with E-state index in [9.17, 15) is 16.8 Å². The van der Waals surface area contributed by atoms with Gasteiger partial charge in [0.1, 0.15) is 9.84 Å². The highest BCUT2D eigenvalue weighted by Crippen LogP contribution is 2.35. The molecule has 0 amide bonds. The van der Waals surface area contributed by atoms with E-state index in [0.29, 0.717) is 32.5 Å². The van der Waals surface area contributed by atoms with Crippen LogP contribution in [0.1, 0.15) is 12.8 Å². The van der Waals surface area contributed by atoms with Crippen molar-refractivity contribution in [2.24, 2.45) is 5.41 Å². The highest BCUT2D eigenvalue weighted by molar-refractivity contribution is 7.91. The molecule has 0 bridgehead atoms. The third kappa shape index (κ3) is 6.20. The molecule has 0 saturated carbocycles. The van der Waals surface area contributed by atoms with Gasteiger partial charge in [0.05, 0.1) is 23.9 Å². The molecule has 0 spiro atoms. The van der Waals surface area contributed by atoms with Crippen LogP contribution in [0, 0.1) is 5.41 Å². The van der Waals surface area contributed by atoms with Crippen LogP contribution in [0.2, 0.25) is 0 Å². The van der Waals surface area contributed by atoms with E-state index in [2.05, 4.69) is 5.32 Å². The maximum Gasteiger partial charge on any atom is 0.150 e. The SMILES string of the molecule is COCCNCC1(CCS(C)(=O)=O)CCS(=O)(=O)C1. The molecule has 1 N–H and O–H groups in total. The molecule has 1 saturated heterocycles. The van der Waals surface area contributed by atoms with Crippen molar-refractivity contribution in [3.63, 3.8) is 0 Å². The van der Waals surface area contributed by atoms with Gasteiger partial charge in [0.15, 0.2) is 9.84 Å². The molecule has 0 aromatic carbocycles. The molecule has 1 fully saturated rings. The Labute approximate surface area is 115 Å². The van der Waals surface area contributed by atoms with E-state index < -0.39 is 25.1 Å². The number of rotatable bonds is 8. The van der Waals surface area contributed by atoms with Gasteiger partial charge in [0, 0.05) is 26.5 Å². The molecule has 1 aliphatic heterocycles. The Kier molecular flexibility index (Phi) is 5.78. The molecule has 0 aromatic rings. The lowest BCUT2D eigenvalue weighted by Crippen LogP contribution is -2.38. The smallest absolute Gasteiger partial charge is 0.150 e. The monoisotopic (exact) mass is 313 g/mol. The first-order valence-electron chi connectivity index (χ1n) is 6.26. The molecule has 1 atom stereocenters. The zero-order valence-electron chi connectivity index (χ0n) is 11.5. The number of nitrogens with one attached hydrogen (secondary N) is 1. The fraction of sp³-hybridized carbons (Fsp3) is 1.00. The fourth-order valence-electron chi connectivity index (χ4n) is 2.34. The minimum absolute atomic E-state index is 0.0362. The number of ether oxygens (including phenoxy) is 1. The quantitative estimate of drug-likeness (QED) is 0.606. The zero-order chi connectivity index (χ0) is 14.6. The third-order valence-corrected chi connectivity index (χ3v) is 6.28. The van der Waals surface area contributed by atoms with Crippen LogP contribution in [0.25, 0.3) is 0 Å². The van der Waals surface area contributed by atoms with Gasteiger partial charge in [-0.1, -0.05) is 0 Å². The van der Waals surface area contributed by atoms with E-state index in [4.69, 9.17) is 4.74 Å². The summed E-state index contributed by atoms with van der Waals surface area (Å²) >= 11 is 0. The first kappa shape index (κ1) is 16.9. The van der Waals surface area contributed by atoms with E-state index in [-0.39, 0.29) is 17.3 Å². The first-order valence-corrected chi connectivity index (χ1v) is 10.1. The molecule has 1 rings (SSSR count). The Balaban J connectivity index is 2.64. The van der Waals surface area contributed by atoms with E-state index in [1.54, 1.807) is 7.11 Å². The number of hydrogen-bond donors (Lipinski definition) is 1. The average molecular weight is 313 g/mol. The van der Waals surface area contributed by atoms with Crippen molar-refractivity contribution in [2.75, 3.05) is 50.3 Å². The molecule has 0 aromatic heterocycles. The Morgan fingerprint density at radius 2 is 2.05 bits per heavy atom. The van der Waals surface area contributed by atoms with Crippen molar-refractivity contribution < 1.29 is 21.6 Å². The molecular formula is C11H23NO5S2. The van der Waals surface area contributed by atoms with Crippen LogP contribution in [0.5, 0.6) is 0 Å². The van der Waals surface area contributed by atoms with Gasteiger partial charge in [0.25, 0.3) is 0 Å². The lowest BCUT2D eigenvalue weighted by atomic mass is 9.84. The summed E-state index contributed by atoms with van der Waals surface area (Å²) in [6, 6.07) is 0. The van der Waals surface area contributed by atoms with E-state index in [1.807, 2.05) is 0 Å². The summed E-state index contributed by atoms with van der Waals surface area (Å²) in [5, 5.41) is 3.16. The van der Waals surface area contributed by atoms with Gasteiger partial charge in [-0.3, -0.25) is 0 Å². The molecule has 0 aliphatic carbocycles. The molecule has 19 heavy (non-hydrogen) atoms. The Morgan fingerprint density at radius 3 is 2.53 bits per heavy atom. The second-order valence-electron chi connectivity index (χ2n) is 5.39. The van der Waals surface area contributed by atoms with Crippen LogP contribution >= 0.6 is 0 Å². The van der Waals surface area contributed by atoms with Crippen LogP contribution < -0.4 is 5.32 Å². The maximum atomic E-state index is 11.7. The summed E-state index contributed by atoms with van der Waals surface area (Å²) in [6.45, 7) is 1.71. The van der Waals surface area contributed by atoms with Gasteiger partial charge in [-0.25, -0.2) is 16.8 Å². The average Bonchev–Trinajstić information content (AvgIpc) is 2.58. The minimum atomic E-state index is -3.07. The Hall–Kier alpha value is -0.180. The molecule has 8 heteroatoms. The molecule has 1 unspecified atom stereocenters. The first-order chi connectivity index (χ1) is 8.68. The van der Waals surface area contributed by atoms with Crippen LogP contribution in [-0.2, 0) is 24.4 Å². The summed E-state index contributed by atoms with van der Waals surface area (Å²) in [7, 11) is -4.50. The molecular weight excluding hydrogens is 290 g/mol. The largest absolute Gasteiger partial charge is 0.383 e. The maximum absolute atomic E-state index is 11.7. The van der Waals surface area contributed by atoms with Gasteiger partial charge in [0.2, 0.25) is 0 Å². The Morgan fingerprint density at radius 1 is 1.37 bits per heavy atom. The summed E-state index contributed by atoms with van der Waals surface area (Å²) in [5.74, 6) is 0.271. The van der Waals surface area contributed by atoms with Crippen molar-refractivity contribution in [1.29, 1.82) is 0 Å². The predicted molar refractivity (Wildman–Crippen MR) is 74.8 cm³/mol. The number of sulfone groups is 2. The van der Waals surface area contributed by atoms with Crippen molar-refractivity contribution in [3.05, 3.63) is 0 Å². The summed E-state index contributed by atoms with van der Waals surface area (Å²) in [6.07, 6.45) is 2.11. The van der Waals surface area contributed by atoms with Crippen molar-refractivity contribution in [2.45, 2.75) is 12.8 Å². The lowest BCUT2D eigenvalue weighted by molar-refractivity contribution is 0.192. The second kappa shape index (κ2) is 6.51. The van der Waals surface area contributed by atoms with Crippen LogP contribution in [-0.4, -0.2) is 67.2 Å². The normalized spacial score (nSPS) is 26.6. The highest BCUT2D eigenvalue weighted by atomic mass is 32.2. The number of methoxy groups -OCH3 is 1. The van der Waals surface area contributed by atoms with E-state index >= 15 is 0 Å². The van der Waals surface area contributed by atoms with Gasteiger partial charge in [-0.05, 0) is 18.3 Å². The van der Waals surface area contributed by atoms with Crippen molar-refractivity contribution in [1.82, 2.24) is 5.32 Å². The molecule has 1 heterocycles. The van der Waals surface area contributed by atoms with Crippen molar-refractivity contribution >= 4 is 19.7 Å². The van der Waals surface area contributed by atoms with Crippen LogP contribution in [0.15, 0.2) is 0 Å². The van der Waals surface area contributed by atoms with Gasteiger partial charge in [-0.2, -0.15) is 0 Å². The molecule has 1 aliphatic rings. The van der Waals surface area contributed by atoms with Crippen molar-refractivity contribution in [3.8, 4) is 0 Å². The molecule has 114 valence electrons. The fourth-order valence-corrected chi connectivity index (χ4v) is 5.35. The minimum Gasteiger partial charge on any atom is -0.383 e. The summed E-state index contributed by atoms with van der Waals surface area (Å²) in [4.78, 5) is 0. The summed E-state index contributed by atoms with van der Waals surface area (Å²) in [5.41, 5.74) is -0.449. The highest BCUT2D eigenvalue weighted by Gasteiger charge is 2.42. The molecule has 6 nitrogen and oxygen atoms in total. The van der Waals surface area contributed by atoms with Gasteiger partial charge in [-0.15, -0.1) is 0 Å². The zero-order valence-corrected chi connectivity index (χ0v) is 13.1. The van der Waals surface area contributed by atoms with Gasteiger partial charge < -0.3 is 10.1 Å². The van der Waals surface area contributed by atoms with E-state index in [1.165, 1.54) is 6.26 Å². The number of hydrogen-bond acceptors (Lipinski definition) is 6. The predicted octanol–water partition coefficient (Wildman–Crippen LogP) is -0.538. The molecule has 0 radical (unpaired) electrons. The lowest BCUT2D eigenvalue weighted by Gasteiger charge is -2.27. The van der Waals surface area contributed by atoms with Crippen LogP contribution in [0.3, 0.4) is 0 Å². The summed E-state index contributed by atoms with van der Waals surface area (Å²) < 4.78 is 50.8. The van der Waals surface area contributed by atoms with E-state index in [0.717, 1.165) is 0 Å². The standard InChI is InChI=1S/C11H23NO5S2/c1-17-6-5-12-9-11(3-7-18(2,13)14)4-8-19(15,16)10-11/h12H,3-10H2,1-2H3.